The molecule has 0 fully saturated rings. The van der Waals surface area contributed by atoms with Gasteiger partial charge in [-0.15, -0.1) is 11.3 Å². The molecule has 0 saturated carbocycles. The van der Waals surface area contributed by atoms with Gasteiger partial charge in [-0.25, -0.2) is 0 Å². The molecule has 0 atom stereocenters. The molecule has 2 aliphatic rings. The topological polar surface area (TPSA) is 0 Å². The molecule has 7 aromatic rings. The van der Waals surface area contributed by atoms with Gasteiger partial charge in [-0.1, -0.05) is 140 Å². The number of benzene rings is 6. The van der Waals surface area contributed by atoms with E-state index in [0.717, 1.165) is 0 Å². The molecule has 0 aliphatic heterocycles. The van der Waals surface area contributed by atoms with Crippen molar-refractivity contribution in [3.8, 4) is 22.3 Å². The lowest BCUT2D eigenvalue weighted by atomic mass is 9.63. The molecule has 1 heteroatoms. The Labute approximate surface area is 257 Å². The molecule has 1 heterocycles. The fourth-order valence-electron chi connectivity index (χ4n) is 8.48. The summed E-state index contributed by atoms with van der Waals surface area (Å²) < 4.78 is 2.78. The molecule has 6 aromatic carbocycles. The zero-order valence-corrected chi connectivity index (χ0v) is 25.8. The second kappa shape index (κ2) is 8.56. The van der Waals surface area contributed by atoms with Crippen LogP contribution < -0.4 is 0 Å². The highest BCUT2D eigenvalue weighted by Gasteiger charge is 2.53. The molecule has 2 aliphatic carbocycles. The summed E-state index contributed by atoms with van der Waals surface area (Å²) >= 11 is 1.97. The van der Waals surface area contributed by atoms with Gasteiger partial charge in [0.2, 0.25) is 0 Å². The highest BCUT2D eigenvalue weighted by Crippen LogP contribution is 2.66. The van der Waals surface area contributed by atoms with Crippen molar-refractivity contribution in [3.63, 3.8) is 0 Å². The molecule has 206 valence electrons. The van der Waals surface area contributed by atoms with Gasteiger partial charge in [-0.3, -0.25) is 0 Å². The van der Waals surface area contributed by atoms with Crippen molar-refractivity contribution in [2.75, 3.05) is 0 Å². The lowest BCUT2D eigenvalue weighted by Crippen LogP contribution is -2.32. The lowest BCUT2D eigenvalue weighted by Gasteiger charge is -2.38. The van der Waals surface area contributed by atoms with Gasteiger partial charge in [-0.2, -0.15) is 0 Å². The molecule has 0 unspecified atom stereocenters. The van der Waals surface area contributed by atoms with Gasteiger partial charge >= 0.3 is 0 Å². The Balaban J connectivity index is 1.62. The van der Waals surface area contributed by atoms with E-state index in [-0.39, 0.29) is 5.41 Å². The maximum absolute atomic E-state index is 2.47. The minimum Gasteiger partial charge on any atom is -0.134 e. The Morgan fingerprint density at radius 2 is 1.09 bits per heavy atom. The second-order valence-electron chi connectivity index (χ2n) is 13.0. The van der Waals surface area contributed by atoms with Crippen molar-refractivity contribution in [1.29, 1.82) is 0 Å². The molecule has 0 amide bonds. The molecule has 0 spiro atoms. The van der Waals surface area contributed by atoms with E-state index in [1.54, 1.807) is 0 Å². The molecule has 0 bridgehead atoms. The summed E-state index contributed by atoms with van der Waals surface area (Å²) in [5.41, 5.74) is 16.1. The second-order valence-corrected chi connectivity index (χ2v) is 14.1. The minimum atomic E-state index is -0.450. The number of fused-ring (bicyclic) bond motifs is 12. The Bertz CT molecular complexity index is 2230. The van der Waals surface area contributed by atoms with E-state index in [4.69, 9.17) is 0 Å². The standard InChI is InChI=1S/C42H32S/c1-25-19-21-29-32(23-25)41(3,4)38-37(29)40-36(31-17-11-12-18-34(31)43-40)35-30-22-20-26(2)24-33(30)42(39(35)38,27-13-7-5-8-14-27)28-15-9-6-10-16-28/h5-24H,1-4H3. The number of rotatable bonds is 2. The van der Waals surface area contributed by atoms with Crippen LogP contribution in [0.15, 0.2) is 121 Å². The summed E-state index contributed by atoms with van der Waals surface area (Å²) in [6, 6.07) is 46.0. The minimum absolute atomic E-state index is 0.170. The third kappa shape index (κ3) is 3.06. The third-order valence-electron chi connectivity index (χ3n) is 10.2. The van der Waals surface area contributed by atoms with Crippen LogP contribution in [0.1, 0.15) is 58.4 Å². The Hall–Kier alpha value is -4.46. The molecule has 0 N–H and O–H groups in total. The van der Waals surface area contributed by atoms with Crippen molar-refractivity contribution >= 4 is 31.5 Å². The van der Waals surface area contributed by atoms with Gasteiger partial charge in [0.15, 0.2) is 0 Å². The highest BCUT2D eigenvalue weighted by atomic mass is 32.1. The summed E-state index contributed by atoms with van der Waals surface area (Å²) in [7, 11) is 0. The third-order valence-corrected chi connectivity index (χ3v) is 11.4. The first-order valence-corrected chi connectivity index (χ1v) is 16.1. The van der Waals surface area contributed by atoms with Gasteiger partial charge in [0.1, 0.15) is 0 Å². The van der Waals surface area contributed by atoms with Crippen LogP contribution in [-0.2, 0) is 10.8 Å². The highest BCUT2D eigenvalue weighted by molar-refractivity contribution is 7.26. The summed E-state index contributed by atoms with van der Waals surface area (Å²) in [4.78, 5) is 0. The van der Waals surface area contributed by atoms with E-state index >= 15 is 0 Å². The fraction of sp³-hybridized carbons (Fsp3) is 0.143. The summed E-state index contributed by atoms with van der Waals surface area (Å²) in [6.45, 7) is 9.40. The largest absolute Gasteiger partial charge is 0.134 e. The maximum atomic E-state index is 2.47. The Morgan fingerprint density at radius 1 is 0.535 bits per heavy atom. The Kier molecular flexibility index (Phi) is 4.99. The van der Waals surface area contributed by atoms with Crippen LogP contribution >= 0.6 is 11.3 Å². The smallest absolute Gasteiger partial charge is 0.0717 e. The number of hydrogen-bond acceptors (Lipinski definition) is 1. The molecule has 9 rings (SSSR count). The van der Waals surface area contributed by atoms with E-state index in [1.165, 1.54) is 86.9 Å². The number of hydrogen-bond donors (Lipinski definition) is 0. The fourth-order valence-corrected chi connectivity index (χ4v) is 9.75. The van der Waals surface area contributed by atoms with Gasteiger partial charge in [-0.05, 0) is 70.0 Å². The average Bonchev–Trinajstić information content (AvgIpc) is 3.62. The number of thiophene rings is 1. The zero-order chi connectivity index (χ0) is 29.1. The molecular weight excluding hydrogens is 537 g/mol. The van der Waals surface area contributed by atoms with Crippen molar-refractivity contribution in [2.45, 2.75) is 38.5 Å². The molecule has 0 radical (unpaired) electrons. The molecule has 43 heavy (non-hydrogen) atoms. The summed E-state index contributed by atoms with van der Waals surface area (Å²) in [5, 5.41) is 2.78. The van der Waals surface area contributed by atoms with Crippen LogP contribution in [0.3, 0.4) is 0 Å². The van der Waals surface area contributed by atoms with E-state index in [2.05, 4.69) is 149 Å². The van der Waals surface area contributed by atoms with Gasteiger partial charge in [0.25, 0.3) is 0 Å². The van der Waals surface area contributed by atoms with Crippen molar-refractivity contribution in [1.82, 2.24) is 0 Å². The van der Waals surface area contributed by atoms with Gasteiger partial charge in [0, 0.05) is 31.2 Å². The van der Waals surface area contributed by atoms with Crippen molar-refractivity contribution < 1.29 is 0 Å². The van der Waals surface area contributed by atoms with E-state index in [9.17, 15) is 0 Å². The quantitative estimate of drug-likeness (QED) is 0.195. The summed E-state index contributed by atoms with van der Waals surface area (Å²) in [5.74, 6) is 0. The molecule has 1 aromatic heterocycles. The molecular formula is C42H32S. The van der Waals surface area contributed by atoms with Crippen LogP contribution in [0.25, 0.3) is 42.4 Å². The van der Waals surface area contributed by atoms with Gasteiger partial charge < -0.3 is 0 Å². The molecule has 0 nitrogen and oxygen atoms in total. The first-order chi connectivity index (χ1) is 20.9. The zero-order valence-electron chi connectivity index (χ0n) is 25.0. The maximum Gasteiger partial charge on any atom is 0.0717 e. The van der Waals surface area contributed by atoms with E-state index in [1.807, 2.05) is 11.3 Å². The molecule has 0 saturated heterocycles. The SMILES string of the molecule is Cc1ccc2c(c1)C(C)(C)c1c3c(c4c(sc5ccccc54)c1-2)-c1ccc(C)cc1C3(c1ccccc1)c1ccccc1. The van der Waals surface area contributed by atoms with Gasteiger partial charge in [0.05, 0.1) is 5.41 Å². The van der Waals surface area contributed by atoms with E-state index in [0.29, 0.717) is 0 Å². The predicted molar refractivity (Wildman–Crippen MR) is 184 cm³/mol. The van der Waals surface area contributed by atoms with Crippen LogP contribution in [0, 0.1) is 13.8 Å². The van der Waals surface area contributed by atoms with Crippen LogP contribution in [0.4, 0.5) is 0 Å². The van der Waals surface area contributed by atoms with Crippen molar-refractivity contribution in [2.24, 2.45) is 0 Å². The summed E-state index contributed by atoms with van der Waals surface area (Å²) in [6.07, 6.45) is 0. The average molecular weight is 569 g/mol. The normalized spacial score (nSPS) is 15.3. The van der Waals surface area contributed by atoms with Crippen LogP contribution in [0.5, 0.6) is 0 Å². The van der Waals surface area contributed by atoms with E-state index < -0.39 is 5.41 Å². The lowest BCUT2D eigenvalue weighted by molar-refractivity contribution is 0.633. The van der Waals surface area contributed by atoms with Crippen LogP contribution in [0.2, 0.25) is 0 Å². The van der Waals surface area contributed by atoms with Crippen LogP contribution in [-0.4, -0.2) is 0 Å². The van der Waals surface area contributed by atoms with Crippen molar-refractivity contribution in [3.05, 3.63) is 166 Å². The Morgan fingerprint density at radius 3 is 1.74 bits per heavy atom. The first kappa shape index (κ1) is 25.1. The predicted octanol–water partition coefficient (Wildman–Crippen LogP) is 11.3. The number of aryl methyl sites for hydroxylation is 2. The first-order valence-electron chi connectivity index (χ1n) is 15.3. The monoisotopic (exact) mass is 568 g/mol.